The van der Waals surface area contributed by atoms with Crippen LogP contribution in [0.3, 0.4) is 0 Å². The van der Waals surface area contributed by atoms with Crippen molar-refractivity contribution in [3.05, 3.63) is 10.6 Å². The number of anilines is 1. The topological polar surface area (TPSA) is 39.6 Å². The first kappa shape index (κ1) is 14.3. The number of piperazine rings is 1. The third-order valence-electron chi connectivity index (χ3n) is 4.76. The van der Waals surface area contributed by atoms with Gasteiger partial charge in [-0.3, -0.25) is 4.90 Å². The SMILES string of the molecule is Cc1nc(N2CCN(C3CCCCC3O)CC2)sc1C. The summed E-state index contributed by atoms with van der Waals surface area (Å²) in [5, 5.41) is 11.3. The van der Waals surface area contributed by atoms with E-state index in [0.717, 1.165) is 44.7 Å². The standard InChI is InChI=1S/C15H25N3OS/c1-11-12(2)20-15(16-11)18-9-7-17(8-10-18)13-5-3-4-6-14(13)19/h13-14,19H,3-10H2,1-2H3. The predicted octanol–water partition coefficient (Wildman–Crippen LogP) is 2.19. The molecular weight excluding hydrogens is 270 g/mol. The van der Waals surface area contributed by atoms with Crippen molar-refractivity contribution >= 4 is 16.5 Å². The Morgan fingerprint density at radius 1 is 1.10 bits per heavy atom. The van der Waals surface area contributed by atoms with Gasteiger partial charge in [0.05, 0.1) is 11.8 Å². The summed E-state index contributed by atoms with van der Waals surface area (Å²) in [4.78, 5) is 10.9. The monoisotopic (exact) mass is 295 g/mol. The molecule has 1 aliphatic carbocycles. The molecule has 112 valence electrons. The Balaban J connectivity index is 1.59. The molecule has 5 heteroatoms. The summed E-state index contributed by atoms with van der Waals surface area (Å²) in [6, 6.07) is 0.394. The number of thiazole rings is 1. The molecule has 2 fully saturated rings. The molecule has 1 aliphatic heterocycles. The normalized spacial score (nSPS) is 28.9. The minimum Gasteiger partial charge on any atom is -0.391 e. The number of aryl methyl sites for hydroxylation is 2. The van der Waals surface area contributed by atoms with Crippen LogP contribution in [0.1, 0.15) is 36.3 Å². The molecule has 4 nitrogen and oxygen atoms in total. The summed E-state index contributed by atoms with van der Waals surface area (Å²) in [5.41, 5.74) is 1.16. The zero-order valence-electron chi connectivity index (χ0n) is 12.5. The fourth-order valence-corrected chi connectivity index (χ4v) is 4.32. The first-order valence-corrected chi connectivity index (χ1v) is 8.58. The molecule has 0 radical (unpaired) electrons. The number of rotatable bonds is 2. The summed E-state index contributed by atoms with van der Waals surface area (Å²) in [6.07, 6.45) is 4.49. The number of nitrogens with zero attached hydrogens (tertiary/aromatic N) is 3. The van der Waals surface area contributed by atoms with E-state index in [1.54, 1.807) is 11.3 Å². The van der Waals surface area contributed by atoms with Crippen molar-refractivity contribution in [2.24, 2.45) is 0 Å². The van der Waals surface area contributed by atoms with Crippen molar-refractivity contribution in [2.75, 3.05) is 31.1 Å². The van der Waals surface area contributed by atoms with Crippen LogP contribution < -0.4 is 4.90 Å². The summed E-state index contributed by atoms with van der Waals surface area (Å²) < 4.78 is 0. The fraction of sp³-hybridized carbons (Fsp3) is 0.800. The molecule has 0 amide bonds. The molecule has 2 unspecified atom stereocenters. The van der Waals surface area contributed by atoms with Crippen LogP contribution in [0.5, 0.6) is 0 Å². The van der Waals surface area contributed by atoms with Crippen molar-refractivity contribution in [3.8, 4) is 0 Å². The highest BCUT2D eigenvalue weighted by Crippen LogP contribution is 2.28. The second-order valence-electron chi connectivity index (χ2n) is 6.08. The number of aromatic nitrogens is 1. The lowest BCUT2D eigenvalue weighted by atomic mass is 9.91. The van der Waals surface area contributed by atoms with Gasteiger partial charge in [0.2, 0.25) is 0 Å². The van der Waals surface area contributed by atoms with Crippen LogP contribution in [0.2, 0.25) is 0 Å². The van der Waals surface area contributed by atoms with Crippen LogP contribution in [0.4, 0.5) is 5.13 Å². The summed E-state index contributed by atoms with van der Waals surface area (Å²) in [7, 11) is 0. The molecule has 1 saturated carbocycles. The quantitative estimate of drug-likeness (QED) is 0.908. The minimum atomic E-state index is -0.111. The van der Waals surface area contributed by atoms with E-state index in [1.165, 1.54) is 22.9 Å². The van der Waals surface area contributed by atoms with Crippen LogP contribution in [0.25, 0.3) is 0 Å². The molecule has 3 rings (SSSR count). The van der Waals surface area contributed by atoms with Gasteiger partial charge < -0.3 is 10.0 Å². The van der Waals surface area contributed by atoms with Crippen molar-refractivity contribution in [1.29, 1.82) is 0 Å². The average Bonchev–Trinajstić information content (AvgIpc) is 2.80. The second kappa shape index (κ2) is 6.00. The Bertz CT molecular complexity index is 434. The van der Waals surface area contributed by atoms with Gasteiger partial charge in [0, 0.05) is 37.1 Å². The van der Waals surface area contributed by atoms with E-state index in [9.17, 15) is 5.11 Å². The fourth-order valence-electron chi connectivity index (χ4n) is 3.35. The Morgan fingerprint density at radius 3 is 2.40 bits per heavy atom. The zero-order chi connectivity index (χ0) is 14.1. The highest BCUT2D eigenvalue weighted by atomic mass is 32.1. The molecule has 0 bridgehead atoms. The third kappa shape index (κ3) is 2.85. The summed E-state index contributed by atoms with van der Waals surface area (Å²) in [5.74, 6) is 0. The third-order valence-corrected chi connectivity index (χ3v) is 5.90. The first-order valence-electron chi connectivity index (χ1n) is 7.76. The molecule has 2 heterocycles. The van der Waals surface area contributed by atoms with Crippen molar-refractivity contribution in [1.82, 2.24) is 9.88 Å². The van der Waals surface area contributed by atoms with Gasteiger partial charge in [-0.1, -0.05) is 12.8 Å². The first-order chi connectivity index (χ1) is 9.65. The van der Waals surface area contributed by atoms with Gasteiger partial charge in [0.25, 0.3) is 0 Å². The molecule has 2 aliphatic rings. The van der Waals surface area contributed by atoms with Gasteiger partial charge in [-0.25, -0.2) is 4.98 Å². The van der Waals surface area contributed by atoms with Gasteiger partial charge in [0.1, 0.15) is 0 Å². The van der Waals surface area contributed by atoms with E-state index in [2.05, 4.69) is 28.6 Å². The number of hydrogen-bond donors (Lipinski definition) is 1. The van der Waals surface area contributed by atoms with E-state index in [0.29, 0.717) is 6.04 Å². The Morgan fingerprint density at radius 2 is 1.80 bits per heavy atom. The highest BCUT2D eigenvalue weighted by molar-refractivity contribution is 7.15. The van der Waals surface area contributed by atoms with Crippen LogP contribution in [-0.4, -0.2) is 53.3 Å². The summed E-state index contributed by atoms with van der Waals surface area (Å²) in [6.45, 7) is 8.42. The summed E-state index contributed by atoms with van der Waals surface area (Å²) >= 11 is 1.81. The zero-order valence-corrected chi connectivity index (χ0v) is 13.3. The molecule has 1 aromatic heterocycles. The van der Waals surface area contributed by atoms with Gasteiger partial charge in [-0.15, -0.1) is 11.3 Å². The lowest BCUT2D eigenvalue weighted by Gasteiger charge is -2.42. The molecule has 1 saturated heterocycles. The minimum absolute atomic E-state index is 0.111. The highest BCUT2D eigenvalue weighted by Gasteiger charge is 2.31. The van der Waals surface area contributed by atoms with E-state index in [4.69, 9.17) is 0 Å². The molecule has 0 aromatic carbocycles. The van der Waals surface area contributed by atoms with Gasteiger partial charge in [-0.2, -0.15) is 0 Å². The molecular formula is C15H25N3OS. The Kier molecular flexibility index (Phi) is 4.29. The van der Waals surface area contributed by atoms with E-state index in [-0.39, 0.29) is 6.10 Å². The maximum Gasteiger partial charge on any atom is 0.185 e. The van der Waals surface area contributed by atoms with Crippen LogP contribution in [-0.2, 0) is 0 Å². The van der Waals surface area contributed by atoms with Gasteiger partial charge in [0.15, 0.2) is 5.13 Å². The van der Waals surface area contributed by atoms with Crippen molar-refractivity contribution in [2.45, 2.75) is 51.7 Å². The largest absolute Gasteiger partial charge is 0.391 e. The Labute approximate surface area is 125 Å². The molecule has 20 heavy (non-hydrogen) atoms. The Hall–Kier alpha value is -0.650. The van der Waals surface area contributed by atoms with Gasteiger partial charge >= 0.3 is 0 Å². The molecule has 2 atom stereocenters. The van der Waals surface area contributed by atoms with Crippen LogP contribution >= 0.6 is 11.3 Å². The van der Waals surface area contributed by atoms with Crippen molar-refractivity contribution < 1.29 is 5.11 Å². The lowest BCUT2D eigenvalue weighted by Crippen LogP contribution is -2.54. The number of aliphatic hydroxyl groups is 1. The smallest absolute Gasteiger partial charge is 0.185 e. The van der Waals surface area contributed by atoms with Crippen molar-refractivity contribution in [3.63, 3.8) is 0 Å². The maximum atomic E-state index is 10.2. The lowest BCUT2D eigenvalue weighted by molar-refractivity contribution is 0.0173. The van der Waals surface area contributed by atoms with Crippen LogP contribution in [0.15, 0.2) is 0 Å². The number of hydrogen-bond acceptors (Lipinski definition) is 5. The number of aliphatic hydroxyl groups excluding tert-OH is 1. The molecule has 1 N–H and O–H groups in total. The molecule has 0 spiro atoms. The van der Waals surface area contributed by atoms with E-state index < -0.39 is 0 Å². The maximum absolute atomic E-state index is 10.2. The van der Waals surface area contributed by atoms with Gasteiger partial charge in [-0.05, 0) is 26.7 Å². The predicted molar refractivity (Wildman–Crippen MR) is 83.6 cm³/mol. The van der Waals surface area contributed by atoms with Crippen LogP contribution in [0, 0.1) is 13.8 Å². The average molecular weight is 295 g/mol. The second-order valence-corrected chi connectivity index (χ2v) is 7.26. The molecule has 1 aromatic rings. The van der Waals surface area contributed by atoms with E-state index >= 15 is 0 Å². The van der Waals surface area contributed by atoms with E-state index in [1.807, 2.05) is 0 Å².